The van der Waals surface area contributed by atoms with Crippen molar-refractivity contribution >= 4 is 23.3 Å². The molecule has 0 aliphatic carbocycles. The molecule has 9 heteroatoms. The topological polar surface area (TPSA) is 72.5 Å². The SMILES string of the molecule is CN(C)C(=O)CSc1nnc2c(=O)n(-c3ccc(F)cc3)ccn12. The van der Waals surface area contributed by atoms with E-state index in [1.165, 1.54) is 49.9 Å². The number of thioether (sulfide) groups is 1. The van der Waals surface area contributed by atoms with E-state index in [0.717, 1.165) is 0 Å². The first-order valence-electron chi connectivity index (χ1n) is 7.02. The first kappa shape index (κ1) is 16.2. The van der Waals surface area contributed by atoms with Crippen LogP contribution in [0, 0.1) is 5.82 Å². The second-order valence-electron chi connectivity index (χ2n) is 5.20. The standard InChI is InChI=1S/C15H14FN5O2S/c1-19(2)12(22)9-24-15-18-17-13-14(23)20(7-8-21(13)15)11-5-3-10(16)4-6-11/h3-8H,9H2,1-2H3. The van der Waals surface area contributed by atoms with Crippen LogP contribution in [0.15, 0.2) is 46.6 Å². The lowest BCUT2D eigenvalue weighted by molar-refractivity contribution is -0.125. The van der Waals surface area contributed by atoms with Crippen molar-refractivity contribution in [2.45, 2.75) is 5.16 Å². The Labute approximate surface area is 140 Å². The molecule has 0 bridgehead atoms. The molecule has 3 rings (SSSR count). The molecular weight excluding hydrogens is 333 g/mol. The number of benzene rings is 1. The number of halogens is 1. The average molecular weight is 347 g/mol. The molecule has 0 aliphatic rings. The van der Waals surface area contributed by atoms with E-state index in [4.69, 9.17) is 0 Å². The van der Waals surface area contributed by atoms with Gasteiger partial charge in [0.1, 0.15) is 5.82 Å². The molecule has 24 heavy (non-hydrogen) atoms. The third kappa shape index (κ3) is 3.02. The van der Waals surface area contributed by atoms with Gasteiger partial charge in [0.2, 0.25) is 11.6 Å². The molecule has 0 saturated carbocycles. The molecule has 2 heterocycles. The van der Waals surface area contributed by atoms with Crippen molar-refractivity contribution in [2.75, 3.05) is 19.8 Å². The third-order valence-corrected chi connectivity index (χ3v) is 4.30. The highest BCUT2D eigenvalue weighted by Gasteiger charge is 2.14. The van der Waals surface area contributed by atoms with Crippen LogP contribution in [0.3, 0.4) is 0 Å². The van der Waals surface area contributed by atoms with E-state index in [1.54, 1.807) is 26.5 Å². The maximum atomic E-state index is 13.0. The Hall–Kier alpha value is -2.68. The molecule has 1 amide bonds. The second kappa shape index (κ2) is 6.44. The predicted octanol–water partition coefficient (Wildman–Crippen LogP) is 1.20. The molecule has 0 saturated heterocycles. The molecule has 0 aliphatic heterocycles. The molecule has 2 aromatic heterocycles. The van der Waals surface area contributed by atoms with Crippen molar-refractivity contribution < 1.29 is 9.18 Å². The Morgan fingerprint density at radius 2 is 1.92 bits per heavy atom. The lowest BCUT2D eigenvalue weighted by atomic mass is 10.3. The normalized spacial score (nSPS) is 11.0. The predicted molar refractivity (Wildman–Crippen MR) is 88.0 cm³/mol. The van der Waals surface area contributed by atoms with Gasteiger partial charge >= 0.3 is 5.56 Å². The number of fused-ring (bicyclic) bond motifs is 1. The van der Waals surface area contributed by atoms with Gasteiger partial charge in [-0.15, -0.1) is 10.2 Å². The summed E-state index contributed by atoms with van der Waals surface area (Å²) >= 11 is 1.21. The number of aromatic nitrogens is 4. The maximum Gasteiger partial charge on any atom is 0.300 e. The molecule has 1 aromatic carbocycles. The average Bonchev–Trinajstić information content (AvgIpc) is 2.98. The van der Waals surface area contributed by atoms with Crippen molar-refractivity contribution in [3.8, 4) is 5.69 Å². The van der Waals surface area contributed by atoms with Crippen LogP contribution in [0.5, 0.6) is 0 Å². The van der Waals surface area contributed by atoms with Crippen LogP contribution in [0.1, 0.15) is 0 Å². The molecule has 0 unspecified atom stereocenters. The van der Waals surface area contributed by atoms with Crippen LogP contribution < -0.4 is 5.56 Å². The highest BCUT2D eigenvalue weighted by Crippen LogP contribution is 2.16. The summed E-state index contributed by atoms with van der Waals surface area (Å²) < 4.78 is 15.9. The van der Waals surface area contributed by atoms with Crippen molar-refractivity contribution in [3.63, 3.8) is 0 Å². The van der Waals surface area contributed by atoms with Gasteiger partial charge in [-0.3, -0.25) is 18.6 Å². The highest BCUT2D eigenvalue weighted by molar-refractivity contribution is 7.99. The van der Waals surface area contributed by atoms with E-state index < -0.39 is 0 Å². The van der Waals surface area contributed by atoms with E-state index in [2.05, 4.69) is 10.2 Å². The van der Waals surface area contributed by atoms with Crippen molar-refractivity contribution in [2.24, 2.45) is 0 Å². The smallest absolute Gasteiger partial charge is 0.300 e. The number of amides is 1. The molecule has 0 atom stereocenters. The van der Waals surface area contributed by atoms with Gasteiger partial charge in [0.15, 0.2) is 5.16 Å². The quantitative estimate of drug-likeness (QED) is 0.663. The van der Waals surface area contributed by atoms with Crippen LogP contribution in [-0.2, 0) is 4.79 Å². The van der Waals surface area contributed by atoms with Gasteiger partial charge in [0.25, 0.3) is 0 Å². The zero-order valence-corrected chi connectivity index (χ0v) is 13.8. The van der Waals surface area contributed by atoms with Crippen LogP contribution in [0.25, 0.3) is 11.3 Å². The van der Waals surface area contributed by atoms with E-state index in [9.17, 15) is 14.0 Å². The minimum absolute atomic E-state index is 0.0589. The van der Waals surface area contributed by atoms with Gasteiger partial charge in [-0.2, -0.15) is 0 Å². The minimum Gasteiger partial charge on any atom is -0.348 e. The zero-order chi connectivity index (χ0) is 17.3. The van der Waals surface area contributed by atoms with Gasteiger partial charge in [-0.25, -0.2) is 4.39 Å². The van der Waals surface area contributed by atoms with Gasteiger partial charge < -0.3 is 4.90 Å². The van der Waals surface area contributed by atoms with Gasteiger partial charge in [-0.1, -0.05) is 11.8 Å². The lowest BCUT2D eigenvalue weighted by Crippen LogP contribution is -2.23. The highest BCUT2D eigenvalue weighted by atomic mass is 32.2. The number of carbonyl (C=O) groups is 1. The Morgan fingerprint density at radius 1 is 1.21 bits per heavy atom. The molecule has 124 valence electrons. The molecule has 0 fully saturated rings. The first-order chi connectivity index (χ1) is 11.5. The summed E-state index contributed by atoms with van der Waals surface area (Å²) in [5.74, 6) is -0.231. The monoisotopic (exact) mass is 347 g/mol. The number of rotatable bonds is 4. The second-order valence-corrected chi connectivity index (χ2v) is 6.15. The van der Waals surface area contributed by atoms with Crippen LogP contribution in [-0.4, -0.2) is 49.8 Å². The fraction of sp³-hybridized carbons (Fsp3) is 0.200. The fourth-order valence-electron chi connectivity index (χ4n) is 2.02. The van der Waals surface area contributed by atoms with Crippen molar-refractivity contribution in [1.29, 1.82) is 0 Å². The summed E-state index contributed by atoms with van der Waals surface area (Å²) in [6.07, 6.45) is 3.20. The summed E-state index contributed by atoms with van der Waals surface area (Å²) in [5, 5.41) is 8.33. The number of hydrogen-bond acceptors (Lipinski definition) is 5. The van der Waals surface area contributed by atoms with Crippen LogP contribution in [0.2, 0.25) is 0 Å². The summed E-state index contributed by atoms with van der Waals surface area (Å²) in [5.41, 5.74) is 0.299. The van der Waals surface area contributed by atoms with E-state index in [0.29, 0.717) is 10.8 Å². The summed E-state index contributed by atoms with van der Waals surface area (Å²) in [6.45, 7) is 0. The number of carbonyl (C=O) groups excluding carboxylic acids is 1. The van der Waals surface area contributed by atoms with Gasteiger partial charge in [0, 0.05) is 32.2 Å². The first-order valence-corrected chi connectivity index (χ1v) is 8.01. The van der Waals surface area contributed by atoms with E-state index in [-0.39, 0.29) is 28.7 Å². The molecular formula is C15H14FN5O2S. The van der Waals surface area contributed by atoms with Crippen molar-refractivity contribution in [1.82, 2.24) is 24.1 Å². The molecule has 0 N–H and O–H groups in total. The Bertz CT molecular complexity index is 949. The summed E-state index contributed by atoms with van der Waals surface area (Å²) in [4.78, 5) is 25.7. The molecule has 7 nitrogen and oxygen atoms in total. The zero-order valence-electron chi connectivity index (χ0n) is 13.0. The molecule has 3 aromatic rings. The third-order valence-electron chi connectivity index (χ3n) is 3.37. The summed E-state index contributed by atoms with van der Waals surface area (Å²) in [7, 11) is 3.35. The molecule has 0 radical (unpaired) electrons. The maximum absolute atomic E-state index is 13.0. The molecule has 0 spiro atoms. The van der Waals surface area contributed by atoms with Crippen molar-refractivity contribution in [3.05, 3.63) is 52.8 Å². The Balaban J connectivity index is 1.95. The van der Waals surface area contributed by atoms with Gasteiger partial charge in [-0.05, 0) is 24.3 Å². The number of hydrogen-bond donors (Lipinski definition) is 0. The Kier molecular flexibility index (Phi) is 4.34. The van der Waals surface area contributed by atoms with E-state index in [1.807, 2.05) is 0 Å². The van der Waals surface area contributed by atoms with Gasteiger partial charge in [0.05, 0.1) is 5.75 Å². The minimum atomic E-state index is -0.375. The van der Waals surface area contributed by atoms with Crippen LogP contribution in [0.4, 0.5) is 4.39 Å². The fourth-order valence-corrected chi connectivity index (χ4v) is 2.92. The lowest BCUT2D eigenvalue weighted by Gasteiger charge is -2.09. The largest absolute Gasteiger partial charge is 0.348 e. The Morgan fingerprint density at radius 3 is 2.58 bits per heavy atom. The van der Waals surface area contributed by atoms with Crippen LogP contribution >= 0.6 is 11.8 Å². The summed E-state index contributed by atoms with van der Waals surface area (Å²) in [6, 6.07) is 5.58. The van der Waals surface area contributed by atoms with E-state index >= 15 is 0 Å². The number of nitrogens with zero attached hydrogens (tertiary/aromatic N) is 5.